The molecule has 0 fully saturated rings. The molecule has 0 bridgehead atoms. The van der Waals surface area contributed by atoms with Crippen LogP contribution in [0.2, 0.25) is 5.15 Å². The molecule has 0 amide bonds. The SMILES string of the molecule is Clc1ccc(COCc2ccco2)nn1. The first-order valence-corrected chi connectivity index (χ1v) is 4.80. The van der Waals surface area contributed by atoms with Crippen molar-refractivity contribution < 1.29 is 9.15 Å². The van der Waals surface area contributed by atoms with Crippen LogP contribution in [0.15, 0.2) is 34.9 Å². The lowest BCUT2D eigenvalue weighted by atomic mass is 10.4. The van der Waals surface area contributed by atoms with Crippen LogP contribution in [0.5, 0.6) is 0 Å². The van der Waals surface area contributed by atoms with E-state index in [0.717, 1.165) is 11.5 Å². The highest BCUT2D eigenvalue weighted by Gasteiger charge is 1.98. The Morgan fingerprint density at radius 1 is 1.20 bits per heavy atom. The van der Waals surface area contributed by atoms with Crippen LogP contribution in [0.4, 0.5) is 0 Å². The summed E-state index contributed by atoms with van der Waals surface area (Å²) in [4.78, 5) is 0. The summed E-state index contributed by atoms with van der Waals surface area (Å²) in [6, 6.07) is 7.13. The molecule has 0 radical (unpaired) electrons. The first-order chi connectivity index (χ1) is 7.34. The van der Waals surface area contributed by atoms with Crippen LogP contribution in [-0.4, -0.2) is 10.2 Å². The van der Waals surface area contributed by atoms with Gasteiger partial charge < -0.3 is 9.15 Å². The number of aromatic nitrogens is 2. The molecule has 0 aliphatic carbocycles. The van der Waals surface area contributed by atoms with Gasteiger partial charge in [-0.25, -0.2) is 0 Å². The van der Waals surface area contributed by atoms with Crippen molar-refractivity contribution in [1.82, 2.24) is 10.2 Å². The zero-order chi connectivity index (χ0) is 10.5. The average Bonchev–Trinajstić information content (AvgIpc) is 2.74. The van der Waals surface area contributed by atoms with Crippen molar-refractivity contribution in [2.45, 2.75) is 13.2 Å². The second-order valence-corrected chi connectivity index (χ2v) is 3.31. The van der Waals surface area contributed by atoms with Gasteiger partial charge in [-0.15, -0.1) is 5.10 Å². The summed E-state index contributed by atoms with van der Waals surface area (Å²) in [5.74, 6) is 0.789. The molecule has 0 spiro atoms. The molecule has 2 aromatic rings. The predicted molar refractivity (Wildman–Crippen MR) is 54.2 cm³/mol. The normalized spacial score (nSPS) is 10.5. The van der Waals surface area contributed by atoms with E-state index in [0.29, 0.717) is 18.4 Å². The Morgan fingerprint density at radius 2 is 2.13 bits per heavy atom. The maximum atomic E-state index is 5.60. The quantitative estimate of drug-likeness (QED) is 0.800. The van der Waals surface area contributed by atoms with Gasteiger partial charge in [0.25, 0.3) is 0 Å². The van der Waals surface area contributed by atoms with Gasteiger partial charge in [0.05, 0.1) is 18.6 Å². The minimum absolute atomic E-state index is 0.379. The zero-order valence-electron chi connectivity index (χ0n) is 7.89. The van der Waals surface area contributed by atoms with Crippen LogP contribution in [0.1, 0.15) is 11.5 Å². The van der Waals surface area contributed by atoms with Crippen LogP contribution in [0.3, 0.4) is 0 Å². The molecule has 0 N–H and O–H groups in total. The number of ether oxygens (including phenoxy) is 1. The van der Waals surface area contributed by atoms with Crippen LogP contribution in [0.25, 0.3) is 0 Å². The Labute approximate surface area is 91.8 Å². The van der Waals surface area contributed by atoms with E-state index >= 15 is 0 Å². The van der Waals surface area contributed by atoms with Crippen molar-refractivity contribution in [3.8, 4) is 0 Å². The van der Waals surface area contributed by atoms with E-state index < -0.39 is 0 Å². The van der Waals surface area contributed by atoms with E-state index in [2.05, 4.69) is 10.2 Å². The van der Waals surface area contributed by atoms with Gasteiger partial charge in [0, 0.05) is 0 Å². The molecule has 2 rings (SSSR count). The van der Waals surface area contributed by atoms with E-state index in [1.165, 1.54) is 0 Å². The fourth-order valence-electron chi connectivity index (χ4n) is 1.07. The number of rotatable bonds is 4. The molecule has 0 aliphatic heterocycles. The monoisotopic (exact) mass is 224 g/mol. The molecule has 0 atom stereocenters. The Hall–Kier alpha value is -1.39. The molecule has 0 aliphatic rings. The summed E-state index contributed by atoms with van der Waals surface area (Å²) < 4.78 is 10.5. The molecule has 0 aromatic carbocycles. The van der Waals surface area contributed by atoms with Crippen LogP contribution in [-0.2, 0) is 18.0 Å². The predicted octanol–water partition coefficient (Wildman–Crippen LogP) is 2.44. The molecule has 0 saturated carbocycles. The summed E-state index contributed by atoms with van der Waals surface area (Å²) in [5.41, 5.74) is 0.742. The maximum absolute atomic E-state index is 5.60. The standard InChI is InChI=1S/C10H9ClN2O2/c11-10-4-3-8(12-13-10)6-14-7-9-2-1-5-15-9/h1-5H,6-7H2. The Morgan fingerprint density at radius 3 is 2.80 bits per heavy atom. The molecule has 78 valence electrons. The number of hydrogen-bond donors (Lipinski definition) is 0. The number of hydrogen-bond acceptors (Lipinski definition) is 4. The van der Waals surface area contributed by atoms with E-state index in [9.17, 15) is 0 Å². The molecule has 2 heterocycles. The molecule has 5 heteroatoms. The fourth-order valence-corrected chi connectivity index (χ4v) is 1.17. The molecule has 0 unspecified atom stereocenters. The average molecular weight is 225 g/mol. The summed E-state index contributed by atoms with van der Waals surface area (Å²) in [7, 11) is 0. The van der Waals surface area contributed by atoms with E-state index in [1.54, 1.807) is 18.4 Å². The third-order valence-corrected chi connectivity index (χ3v) is 1.96. The van der Waals surface area contributed by atoms with Crippen molar-refractivity contribution in [2.75, 3.05) is 0 Å². The Balaban J connectivity index is 1.81. The van der Waals surface area contributed by atoms with E-state index in [4.69, 9.17) is 20.8 Å². The lowest BCUT2D eigenvalue weighted by molar-refractivity contribution is 0.0901. The summed E-state index contributed by atoms with van der Waals surface area (Å²) >= 11 is 5.60. The second kappa shape index (κ2) is 4.91. The molecular weight excluding hydrogens is 216 g/mol. The van der Waals surface area contributed by atoms with Gasteiger partial charge in [0.15, 0.2) is 5.15 Å². The van der Waals surface area contributed by atoms with Crippen molar-refractivity contribution in [3.05, 3.63) is 47.1 Å². The maximum Gasteiger partial charge on any atom is 0.151 e. The molecule has 0 saturated heterocycles. The third kappa shape index (κ3) is 3.04. The van der Waals surface area contributed by atoms with Crippen LogP contribution < -0.4 is 0 Å². The second-order valence-electron chi connectivity index (χ2n) is 2.92. The molecular formula is C10H9ClN2O2. The lowest BCUT2D eigenvalue weighted by Crippen LogP contribution is -1.97. The zero-order valence-corrected chi connectivity index (χ0v) is 8.65. The third-order valence-electron chi connectivity index (χ3n) is 1.76. The van der Waals surface area contributed by atoms with E-state index in [1.807, 2.05) is 12.1 Å². The molecule has 4 nitrogen and oxygen atoms in total. The van der Waals surface area contributed by atoms with Crippen molar-refractivity contribution >= 4 is 11.6 Å². The fraction of sp³-hybridized carbons (Fsp3) is 0.200. The first-order valence-electron chi connectivity index (χ1n) is 4.43. The molecule has 15 heavy (non-hydrogen) atoms. The van der Waals surface area contributed by atoms with Gasteiger partial charge in [0.2, 0.25) is 0 Å². The van der Waals surface area contributed by atoms with Gasteiger partial charge in [0.1, 0.15) is 12.4 Å². The van der Waals surface area contributed by atoms with Crippen molar-refractivity contribution in [2.24, 2.45) is 0 Å². The summed E-state index contributed by atoms with van der Waals surface area (Å²) in [6.07, 6.45) is 1.61. The van der Waals surface area contributed by atoms with E-state index in [-0.39, 0.29) is 0 Å². The smallest absolute Gasteiger partial charge is 0.151 e. The molecule has 2 aromatic heterocycles. The summed E-state index contributed by atoms with van der Waals surface area (Å²) in [5, 5.41) is 7.95. The van der Waals surface area contributed by atoms with Crippen molar-refractivity contribution in [3.63, 3.8) is 0 Å². The Bertz CT molecular complexity index is 400. The van der Waals surface area contributed by atoms with Crippen LogP contribution in [0, 0.1) is 0 Å². The van der Waals surface area contributed by atoms with Gasteiger partial charge in [-0.3, -0.25) is 0 Å². The highest BCUT2D eigenvalue weighted by molar-refractivity contribution is 6.29. The largest absolute Gasteiger partial charge is 0.467 e. The minimum atomic E-state index is 0.379. The number of halogens is 1. The number of nitrogens with zero attached hydrogens (tertiary/aromatic N) is 2. The highest BCUT2D eigenvalue weighted by atomic mass is 35.5. The van der Waals surface area contributed by atoms with Crippen molar-refractivity contribution in [1.29, 1.82) is 0 Å². The van der Waals surface area contributed by atoms with Gasteiger partial charge >= 0.3 is 0 Å². The first kappa shape index (κ1) is 10.1. The van der Waals surface area contributed by atoms with Gasteiger partial charge in [-0.1, -0.05) is 11.6 Å². The summed E-state index contributed by atoms with van der Waals surface area (Å²) in [6.45, 7) is 0.822. The van der Waals surface area contributed by atoms with Gasteiger partial charge in [-0.2, -0.15) is 5.10 Å². The Kier molecular flexibility index (Phi) is 3.32. The number of furan rings is 1. The van der Waals surface area contributed by atoms with Crippen LogP contribution >= 0.6 is 11.6 Å². The lowest BCUT2D eigenvalue weighted by Gasteiger charge is -2.00. The minimum Gasteiger partial charge on any atom is -0.467 e. The topological polar surface area (TPSA) is 48.2 Å². The highest BCUT2D eigenvalue weighted by Crippen LogP contribution is 2.06. The van der Waals surface area contributed by atoms with Gasteiger partial charge in [-0.05, 0) is 24.3 Å².